The highest BCUT2D eigenvalue weighted by atomic mass is 32.1. The fourth-order valence-electron chi connectivity index (χ4n) is 3.79. The number of hydrogen-bond donors (Lipinski definition) is 1. The van der Waals surface area contributed by atoms with Crippen LogP contribution in [-0.2, 0) is 22.4 Å². The van der Waals surface area contributed by atoms with Gasteiger partial charge in [0.05, 0.1) is 19.2 Å². The van der Waals surface area contributed by atoms with Gasteiger partial charge in [-0.3, -0.25) is 9.69 Å². The van der Waals surface area contributed by atoms with Crippen molar-refractivity contribution in [3.63, 3.8) is 0 Å². The molecule has 0 radical (unpaired) electrons. The highest BCUT2D eigenvalue weighted by Gasteiger charge is 2.29. The zero-order chi connectivity index (χ0) is 18.7. The summed E-state index contributed by atoms with van der Waals surface area (Å²) in [5, 5.41) is 3.65. The molecule has 1 amide bonds. The summed E-state index contributed by atoms with van der Waals surface area (Å²) in [5.74, 6) is 0.223. The topological polar surface area (TPSA) is 61.9 Å². The van der Waals surface area contributed by atoms with Crippen molar-refractivity contribution in [2.45, 2.75) is 33.1 Å². The fourth-order valence-corrected chi connectivity index (χ4v) is 5.20. The van der Waals surface area contributed by atoms with Crippen molar-refractivity contribution in [2.24, 2.45) is 5.92 Å². The number of ether oxygens (including phenoxy) is 1. The number of piperazine rings is 1. The third kappa shape index (κ3) is 4.27. The van der Waals surface area contributed by atoms with Gasteiger partial charge in [-0.25, -0.2) is 4.79 Å². The first-order chi connectivity index (χ1) is 12.5. The van der Waals surface area contributed by atoms with Crippen LogP contribution in [0.4, 0.5) is 5.00 Å². The minimum absolute atomic E-state index is 0.0493. The molecular formula is C19H29N3O3S. The van der Waals surface area contributed by atoms with Crippen LogP contribution >= 0.6 is 11.3 Å². The Morgan fingerprint density at radius 3 is 2.58 bits per heavy atom. The Morgan fingerprint density at radius 2 is 1.92 bits per heavy atom. The van der Waals surface area contributed by atoms with Crippen molar-refractivity contribution in [3.05, 3.63) is 16.0 Å². The molecule has 1 aliphatic heterocycles. The molecule has 1 N–H and O–H groups in total. The van der Waals surface area contributed by atoms with Gasteiger partial charge in [-0.1, -0.05) is 13.8 Å². The minimum Gasteiger partial charge on any atom is -0.465 e. The molecule has 144 valence electrons. The molecule has 2 aliphatic rings. The van der Waals surface area contributed by atoms with Crippen molar-refractivity contribution < 1.29 is 14.3 Å². The van der Waals surface area contributed by atoms with Crippen LogP contribution in [0.2, 0.25) is 0 Å². The first-order valence-electron chi connectivity index (χ1n) is 9.49. The number of carbonyl (C=O) groups is 2. The van der Waals surface area contributed by atoms with E-state index in [0.29, 0.717) is 23.0 Å². The molecule has 1 fully saturated rings. The van der Waals surface area contributed by atoms with Crippen LogP contribution in [0.1, 0.15) is 41.1 Å². The van der Waals surface area contributed by atoms with Gasteiger partial charge in [-0.15, -0.1) is 11.3 Å². The number of likely N-dealkylation sites (N-methyl/N-ethyl adjacent to an activating group) is 1. The van der Waals surface area contributed by atoms with Gasteiger partial charge in [0, 0.05) is 31.1 Å². The van der Waals surface area contributed by atoms with Crippen LogP contribution in [-0.4, -0.2) is 68.1 Å². The Kier molecular flexibility index (Phi) is 6.32. The van der Waals surface area contributed by atoms with Crippen LogP contribution in [0.25, 0.3) is 0 Å². The van der Waals surface area contributed by atoms with Crippen LogP contribution in [0.5, 0.6) is 0 Å². The summed E-state index contributed by atoms with van der Waals surface area (Å²) in [5.41, 5.74) is 1.65. The van der Waals surface area contributed by atoms with E-state index in [1.165, 1.54) is 12.0 Å². The normalized spacial score (nSPS) is 21.3. The first kappa shape index (κ1) is 19.3. The molecule has 1 aromatic heterocycles. The number of hydrogen-bond acceptors (Lipinski definition) is 6. The van der Waals surface area contributed by atoms with E-state index < -0.39 is 0 Å². The number of nitrogens with one attached hydrogen (secondary N) is 1. The van der Waals surface area contributed by atoms with Crippen molar-refractivity contribution in [1.29, 1.82) is 0 Å². The summed E-state index contributed by atoms with van der Waals surface area (Å²) < 4.78 is 4.98. The fraction of sp³-hybridized carbons (Fsp3) is 0.684. The lowest BCUT2D eigenvalue weighted by Crippen LogP contribution is -2.48. The number of methoxy groups -OCH3 is 1. The molecule has 1 aromatic rings. The SMILES string of the molecule is CCN1CCN(CC(=O)Nc2sc3c(c2C(=O)OC)CCC(C)C3)CC1. The molecule has 0 saturated carbocycles. The Morgan fingerprint density at radius 1 is 1.23 bits per heavy atom. The van der Waals surface area contributed by atoms with Gasteiger partial charge in [-0.2, -0.15) is 0 Å². The summed E-state index contributed by atoms with van der Waals surface area (Å²) in [4.78, 5) is 30.6. The quantitative estimate of drug-likeness (QED) is 0.795. The molecule has 3 rings (SSSR count). The van der Waals surface area contributed by atoms with Crippen LogP contribution < -0.4 is 5.32 Å². The molecule has 2 heterocycles. The van der Waals surface area contributed by atoms with E-state index >= 15 is 0 Å². The summed E-state index contributed by atoms with van der Waals surface area (Å²) >= 11 is 1.54. The van der Waals surface area contributed by atoms with E-state index in [1.807, 2.05) is 0 Å². The molecule has 1 saturated heterocycles. The lowest BCUT2D eigenvalue weighted by Gasteiger charge is -2.33. The summed E-state index contributed by atoms with van der Waals surface area (Å²) in [7, 11) is 1.40. The van der Waals surface area contributed by atoms with Gasteiger partial charge in [-0.05, 0) is 37.3 Å². The summed E-state index contributed by atoms with van der Waals surface area (Å²) in [6, 6.07) is 0. The van der Waals surface area contributed by atoms with Gasteiger partial charge in [0.2, 0.25) is 5.91 Å². The van der Waals surface area contributed by atoms with E-state index in [2.05, 4.69) is 29.0 Å². The monoisotopic (exact) mass is 379 g/mol. The van der Waals surface area contributed by atoms with Gasteiger partial charge in [0.1, 0.15) is 5.00 Å². The summed E-state index contributed by atoms with van der Waals surface area (Å²) in [6.45, 7) is 9.64. The number of thiophene rings is 1. The Hall–Kier alpha value is -1.44. The maximum absolute atomic E-state index is 12.6. The molecule has 1 unspecified atom stereocenters. The minimum atomic E-state index is -0.344. The zero-order valence-corrected chi connectivity index (χ0v) is 16.8. The van der Waals surface area contributed by atoms with Gasteiger partial charge in [0.25, 0.3) is 0 Å². The molecular weight excluding hydrogens is 350 g/mol. The molecule has 0 bridgehead atoms. The van der Waals surface area contributed by atoms with E-state index in [9.17, 15) is 9.59 Å². The molecule has 1 atom stereocenters. The van der Waals surface area contributed by atoms with E-state index in [-0.39, 0.29) is 11.9 Å². The highest BCUT2D eigenvalue weighted by Crippen LogP contribution is 2.40. The lowest BCUT2D eigenvalue weighted by molar-refractivity contribution is -0.117. The molecule has 6 nitrogen and oxygen atoms in total. The van der Waals surface area contributed by atoms with Crippen LogP contribution in [0, 0.1) is 5.92 Å². The molecule has 26 heavy (non-hydrogen) atoms. The number of fused-ring (bicyclic) bond motifs is 1. The Labute approximate surface area is 159 Å². The lowest BCUT2D eigenvalue weighted by atomic mass is 9.88. The predicted octanol–water partition coefficient (Wildman–Crippen LogP) is 2.24. The number of nitrogens with zero attached hydrogens (tertiary/aromatic N) is 2. The number of anilines is 1. The molecule has 7 heteroatoms. The summed E-state index contributed by atoms with van der Waals surface area (Å²) in [6.07, 6.45) is 2.92. The number of carbonyl (C=O) groups excluding carboxylic acids is 2. The zero-order valence-electron chi connectivity index (χ0n) is 16.0. The van der Waals surface area contributed by atoms with Crippen LogP contribution in [0.3, 0.4) is 0 Å². The Balaban J connectivity index is 1.69. The van der Waals surface area contributed by atoms with Gasteiger partial charge in [0.15, 0.2) is 0 Å². The highest BCUT2D eigenvalue weighted by molar-refractivity contribution is 7.17. The number of amides is 1. The average molecular weight is 380 g/mol. The number of esters is 1. The predicted molar refractivity (Wildman–Crippen MR) is 104 cm³/mol. The maximum Gasteiger partial charge on any atom is 0.341 e. The standard InChI is InChI=1S/C19H29N3O3S/c1-4-21-7-9-22(10-8-21)12-16(23)20-18-17(19(24)25-3)14-6-5-13(2)11-15(14)26-18/h13H,4-12H2,1-3H3,(H,20,23). The Bertz CT molecular complexity index is 665. The smallest absolute Gasteiger partial charge is 0.341 e. The second-order valence-corrected chi connectivity index (χ2v) is 8.41. The second-order valence-electron chi connectivity index (χ2n) is 7.31. The van der Waals surface area contributed by atoms with Gasteiger partial charge >= 0.3 is 5.97 Å². The molecule has 1 aliphatic carbocycles. The second kappa shape index (κ2) is 8.50. The van der Waals surface area contributed by atoms with Gasteiger partial charge < -0.3 is 15.0 Å². The largest absolute Gasteiger partial charge is 0.465 e. The third-order valence-electron chi connectivity index (χ3n) is 5.43. The van der Waals surface area contributed by atoms with E-state index in [4.69, 9.17) is 4.74 Å². The maximum atomic E-state index is 12.6. The molecule has 0 spiro atoms. The first-order valence-corrected chi connectivity index (χ1v) is 10.3. The van der Waals surface area contributed by atoms with E-state index in [1.54, 1.807) is 11.3 Å². The third-order valence-corrected chi connectivity index (χ3v) is 6.60. The van der Waals surface area contributed by atoms with Crippen molar-refractivity contribution in [3.8, 4) is 0 Å². The van der Waals surface area contributed by atoms with Crippen LogP contribution in [0.15, 0.2) is 0 Å². The van der Waals surface area contributed by atoms with E-state index in [0.717, 1.165) is 57.5 Å². The molecule has 0 aromatic carbocycles. The van der Waals surface area contributed by atoms with Crippen molar-refractivity contribution in [2.75, 3.05) is 51.7 Å². The van der Waals surface area contributed by atoms with Crippen molar-refractivity contribution in [1.82, 2.24) is 9.80 Å². The number of rotatable bonds is 5. The van der Waals surface area contributed by atoms with Crippen molar-refractivity contribution >= 4 is 28.2 Å². The average Bonchev–Trinajstić information content (AvgIpc) is 2.98.